The highest BCUT2D eigenvalue weighted by Gasteiger charge is 2.29. The Balaban J connectivity index is 1.08. The van der Waals surface area contributed by atoms with Crippen molar-refractivity contribution in [2.45, 2.75) is 41.9 Å². The molecular formula is C21H29NO4S6. The van der Waals surface area contributed by atoms with Crippen molar-refractivity contribution in [2.75, 3.05) is 52.2 Å². The lowest BCUT2D eigenvalue weighted by atomic mass is 10.2. The molecular weight excluding hydrogens is 523 g/mol. The fraction of sp³-hybridized carbons (Fsp3) is 0.619. The Morgan fingerprint density at radius 2 is 1.50 bits per heavy atom. The van der Waals surface area contributed by atoms with Crippen LogP contribution in [0, 0.1) is 0 Å². The van der Waals surface area contributed by atoms with Crippen LogP contribution < -0.4 is 0 Å². The van der Waals surface area contributed by atoms with Gasteiger partial charge in [0.15, 0.2) is 6.29 Å². The maximum absolute atomic E-state index is 5.73. The summed E-state index contributed by atoms with van der Waals surface area (Å²) in [5, 5.41) is 0. The largest absolute Gasteiger partial charge is 0.377 e. The van der Waals surface area contributed by atoms with Gasteiger partial charge in [-0.15, -0.1) is 23.5 Å². The summed E-state index contributed by atoms with van der Waals surface area (Å²) in [6.45, 7) is 4.74. The van der Waals surface area contributed by atoms with Gasteiger partial charge < -0.3 is 23.5 Å². The van der Waals surface area contributed by atoms with Gasteiger partial charge in [-0.3, -0.25) is 0 Å². The molecule has 0 amide bonds. The summed E-state index contributed by atoms with van der Waals surface area (Å²) in [6.07, 6.45) is 12.1. The summed E-state index contributed by atoms with van der Waals surface area (Å²) in [4.78, 5) is 2.71. The van der Waals surface area contributed by atoms with Gasteiger partial charge in [-0.1, -0.05) is 47.0 Å². The van der Waals surface area contributed by atoms with Crippen molar-refractivity contribution in [1.29, 1.82) is 0 Å². The smallest absolute Gasteiger partial charge is 0.157 e. The predicted molar refractivity (Wildman–Crippen MR) is 144 cm³/mol. The van der Waals surface area contributed by atoms with Crippen molar-refractivity contribution in [2.24, 2.45) is 0 Å². The van der Waals surface area contributed by atoms with Crippen molar-refractivity contribution < 1.29 is 18.9 Å². The summed E-state index contributed by atoms with van der Waals surface area (Å²) < 4.78 is 30.4. The van der Waals surface area contributed by atoms with E-state index in [1.165, 1.54) is 33.2 Å². The molecule has 0 N–H and O–H groups in total. The van der Waals surface area contributed by atoms with E-state index in [0.717, 1.165) is 26.0 Å². The summed E-state index contributed by atoms with van der Waals surface area (Å²) >= 11 is 11.3. The second-order valence-corrected chi connectivity index (χ2v) is 13.9. The van der Waals surface area contributed by atoms with Crippen LogP contribution in [-0.2, 0) is 25.5 Å². The van der Waals surface area contributed by atoms with Crippen LogP contribution in [0.4, 0.5) is 0 Å². The number of thioether (sulfide) groups is 6. The third-order valence-electron chi connectivity index (χ3n) is 4.82. The molecule has 0 saturated carbocycles. The van der Waals surface area contributed by atoms with Crippen molar-refractivity contribution in [3.05, 3.63) is 29.3 Å². The van der Waals surface area contributed by atoms with Gasteiger partial charge in [0.1, 0.15) is 0 Å². The maximum Gasteiger partial charge on any atom is 0.157 e. The van der Waals surface area contributed by atoms with E-state index in [1.807, 2.05) is 70.6 Å². The second kappa shape index (κ2) is 13.7. The Labute approximate surface area is 216 Å². The quantitative estimate of drug-likeness (QED) is 0.261. The van der Waals surface area contributed by atoms with Crippen molar-refractivity contribution >= 4 is 70.6 Å². The monoisotopic (exact) mass is 551 g/mol. The number of fused-ring (bicyclic) bond motifs is 1. The van der Waals surface area contributed by atoms with E-state index in [4.69, 9.17) is 18.9 Å². The minimum Gasteiger partial charge on any atom is -0.377 e. The van der Waals surface area contributed by atoms with Crippen LogP contribution >= 0.6 is 70.6 Å². The Hall–Kier alpha value is 0.700. The minimum absolute atomic E-state index is 0.0386. The van der Waals surface area contributed by atoms with E-state index >= 15 is 0 Å². The van der Waals surface area contributed by atoms with E-state index in [1.54, 1.807) is 0 Å². The van der Waals surface area contributed by atoms with Gasteiger partial charge in [0, 0.05) is 35.3 Å². The number of hydrogen-bond acceptors (Lipinski definition) is 10. The fourth-order valence-electron chi connectivity index (χ4n) is 3.23. The van der Waals surface area contributed by atoms with E-state index in [9.17, 15) is 0 Å². The summed E-state index contributed by atoms with van der Waals surface area (Å²) in [5.41, 5.74) is 0. The summed E-state index contributed by atoms with van der Waals surface area (Å²) in [5.74, 6) is 0. The SMILES string of the molecule is CSC1=C(SC)SC(=C2Sc3cn(CCOCCOCCOC4CCCCO4)cc3S2)S1. The highest BCUT2D eigenvalue weighted by atomic mass is 32.3. The molecule has 1 aromatic heterocycles. The first-order valence-electron chi connectivity index (χ1n) is 10.6. The molecule has 4 rings (SSSR count). The molecule has 0 radical (unpaired) electrons. The zero-order chi connectivity index (χ0) is 22.2. The normalized spacial score (nSPS) is 21.1. The highest BCUT2D eigenvalue weighted by Crippen LogP contribution is 2.63. The molecule has 4 heterocycles. The number of nitrogens with zero attached hydrogens (tertiary/aromatic N) is 1. The van der Waals surface area contributed by atoms with Crippen molar-refractivity contribution in [3.63, 3.8) is 0 Å². The molecule has 1 fully saturated rings. The molecule has 32 heavy (non-hydrogen) atoms. The minimum atomic E-state index is -0.0386. The van der Waals surface area contributed by atoms with Gasteiger partial charge >= 0.3 is 0 Å². The second-order valence-electron chi connectivity index (χ2n) is 7.08. The Morgan fingerprint density at radius 3 is 2.12 bits per heavy atom. The third-order valence-corrected chi connectivity index (χ3v) is 13.1. The molecule has 11 heteroatoms. The number of aromatic nitrogens is 1. The van der Waals surface area contributed by atoms with E-state index in [0.29, 0.717) is 33.0 Å². The van der Waals surface area contributed by atoms with E-state index in [2.05, 4.69) is 29.5 Å². The zero-order valence-corrected chi connectivity index (χ0v) is 23.2. The summed E-state index contributed by atoms with van der Waals surface area (Å²) in [6, 6.07) is 0. The average molecular weight is 552 g/mol. The first kappa shape index (κ1) is 25.8. The standard InChI is InChI=1S/C21H29NO4S6/c1-27-18-19(28-2)32-21(31-18)20-29-15-13-22(14-16(15)30-20)6-8-23-9-10-24-11-12-26-17-5-3-4-7-25-17/h13-14,17H,3-12H2,1-2H3. The zero-order valence-electron chi connectivity index (χ0n) is 18.3. The number of rotatable bonds is 12. The van der Waals surface area contributed by atoms with Crippen molar-refractivity contribution in [1.82, 2.24) is 4.57 Å². The summed E-state index contributed by atoms with van der Waals surface area (Å²) in [7, 11) is 0. The molecule has 1 unspecified atom stereocenters. The number of ether oxygens (including phenoxy) is 4. The number of hydrogen-bond donors (Lipinski definition) is 0. The molecule has 0 aliphatic carbocycles. The Bertz CT molecular complexity index is 778. The van der Waals surface area contributed by atoms with Gasteiger partial charge in [0.05, 0.1) is 50.0 Å². The van der Waals surface area contributed by atoms with Crippen LogP contribution in [0.2, 0.25) is 0 Å². The molecule has 178 valence electrons. The molecule has 0 aromatic carbocycles. The Morgan fingerprint density at radius 1 is 0.875 bits per heavy atom. The lowest BCUT2D eigenvalue weighted by Crippen LogP contribution is -2.24. The van der Waals surface area contributed by atoms with Gasteiger partial charge in [0.2, 0.25) is 0 Å². The predicted octanol–water partition coefficient (Wildman–Crippen LogP) is 6.72. The lowest BCUT2D eigenvalue weighted by Gasteiger charge is -2.22. The van der Waals surface area contributed by atoms with E-state index in [-0.39, 0.29) is 6.29 Å². The van der Waals surface area contributed by atoms with Crippen LogP contribution in [0.3, 0.4) is 0 Å². The molecule has 3 aliphatic heterocycles. The first-order valence-corrected chi connectivity index (χ1v) is 16.3. The molecule has 0 spiro atoms. The van der Waals surface area contributed by atoms with Crippen LogP contribution in [0.5, 0.6) is 0 Å². The van der Waals surface area contributed by atoms with Crippen molar-refractivity contribution in [3.8, 4) is 0 Å². The van der Waals surface area contributed by atoms with Gasteiger partial charge in [0.25, 0.3) is 0 Å². The Kier molecular flexibility index (Phi) is 11.0. The molecule has 5 nitrogen and oxygen atoms in total. The van der Waals surface area contributed by atoms with Crippen LogP contribution in [0.15, 0.2) is 39.1 Å². The van der Waals surface area contributed by atoms with Gasteiger partial charge in [-0.25, -0.2) is 0 Å². The molecule has 3 aliphatic rings. The molecule has 0 bridgehead atoms. The van der Waals surface area contributed by atoms with Crippen LogP contribution in [-0.4, -0.2) is 63.0 Å². The third kappa shape index (κ3) is 7.35. The maximum atomic E-state index is 5.73. The van der Waals surface area contributed by atoms with Gasteiger partial charge in [-0.05, 0) is 31.8 Å². The lowest BCUT2D eigenvalue weighted by molar-refractivity contribution is -0.169. The van der Waals surface area contributed by atoms with Crippen LogP contribution in [0.1, 0.15) is 19.3 Å². The average Bonchev–Trinajstić information content (AvgIpc) is 3.51. The van der Waals surface area contributed by atoms with Crippen LogP contribution in [0.25, 0.3) is 0 Å². The topological polar surface area (TPSA) is 41.9 Å². The molecule has 1 atom stereocenters. The molecule has 1 saturated heterocycles. The molecule has 1 aromatic rings. The fourth-order valence-corrected chi connectivity index (χ4v) is 11.1. The first-order chi connectivity index (χ1) is 15.8. The van der Waals surface area contributed by atoms with Gasteiger partial charge in [-0.2, -0.15) is 0 Å². The highest BCUT2D eigenvalue weighted by molar-refractivity contribution is 8.41. The van der Waals surface area contributed by atoms with E-state index < -0.39 is 0 Å².